The minimum Gasteiger partial charge on any atom is -0.0905 e. The van der Waals surface area contributed by atoms with Crippen molar-refractivity contribution >= 4 is 17.2 Å². The Morgan fingerprint density at radius 1 is 1.06 bits per heavy atom. The molecular formula is C15H13Cl. The van der Waals surface area contributed by atoms with Gasteiger partial charge in [0.1, 0.15) is 0 Å². The Hall–Kier alpha value is -1.53. The number of rotatable bonds is 2. The van der Waals surface area contributed by atoms with Gasteiger partial charge in [-0.15, -0.1) is 0 Å². The third-order valence-corrected chi connectivity index (χ3v) is 2.88. The standard InChI is InChI=1S/C15H13Cl/c1-11-8-9-14(16)10-15(11)12(2)13-6-4-3-5-7-13/h3-10H,2H2,1H3. The normalized spacial score (nSPS) is 10.1. The minimum atomic E-state index is 0.748. The fourth-order valence-electron chi connectivity index (χ4n) is 1.71. The fourth-order valence-corrected chi connectivity index (χ4v) is 1.89. The molecule has 1 heteroatoms. The second kappa shape index (κ2) is 4.54. The van der Waals surface area contributed by atoms with Gasteiger partial charge in [0.05, 0.1) is 0 Å². The van der Waals surface area contributed by atoms with E-state index in [0.717, 1.165) is 21.7 Å². The Labute approximate surface area is 101 Å². The van der Waals surface area contributed by atoms with Crippen molar-refractivity contribution in [2.75, 3.05) is 0 Å². The maximum atomic E-state index is 6.01. The molecule has 80 valence electrons. The van der Waals surface area contributed by atoms with E-state index in [4.69, 9.17) is 11.6 Å². The molecule has 2 aromatic carbocycles. The van der Waals surface area contributed by atoms with E-state index in [1.165, 1.54) is 5.56 Å². The van der Waals surface area contributed by atoms with Gasteiger partial charge in [-0.3, -0.25) is 0 Å². The predicted molar refractivity (Wildman–Crippen MR) is 70.8 cm³/mol. The van der Waals surface area contributed by atoms with Crippen LogP contribution >= 0.6 is 11.6 Å². The number of benzene rings is 2. The Balaban J connectivity index is 2.46. The van der Waals surface area contributed by atoms with E-state index in [-0.39, 0.29) is 0 Å². The van der Waals surface area contributed by atoms with Gasteiger partial charge in [-0.2, -0.15) is 0 Å². The number of aryl methyl sites for hydroxylation is 1. The van der Waals surface area contributed by atoms with E-state index in [1.54, 1.807) is 0 Å². The van der Waals surface area contributed by atoms with Crippen molar-refractivity contribution in [3.05, 3.63) is 76.8 Å². The van der Waals surface area contributed by atoms with Crippen LogP contribution in [0.3, 0.4) is 0 Å². The van der Waals surface area contributed by atoms with E-state index in [0.29, 0.717) is 0 Å². The molecule has 2 rings (SSSR count). The van der Waals surface area contributed by atoms with Crippen LogP contribution in [0.4, 0.5) is 0 Å². The molecule has 2 aromatic rings. The Bertz CT molecular complexity index is 512. The second-order valence-electron chi connectivity index (χ2n) is 3.80. The molecule has 0 aliphatic carbocycles. The summed E-state index contributed by atoms with van der Waals surface area (Å²) in [4.78, 5) is 0. The molecule has 0 radical (unpaired) electrons. The highest BCUT2D eigenvalue weighted by Gasteiger charge is 2.05. The monoisotopic (exact) mass is 228 g/mol. The van der Waals surface area contributed by atoms with Gasteiger partial charge in [-0.1, -0.05) is 54.6 Å². The molecule has 0 aliphatic heterocycles. The summed E-state index contributed by atoms with van der Waals surface area (Å²) in [6, 6.07) is 16.0. The summed E-state index contributed by atoms with van der Waals surface area (Å²) in [5, 5.41) is 0.748. The molecule has 0 N–H and O–H groups in total. The number of hydrogen-bond acceptors (Lipinski definition) is 0. The largest absolute Gasteiger partial charge is 0.0905 e. The number of hydrogen-bond donors (Lipinski definition) is 0. The van der Waals surface area contributed by atoms with Gasteiger partial charge in [-0.05, 0) is 41.3 Å². The first-order chi connectivity index (χ1) is 7.68. The van der Waals surface area contributed by atoms with E-state index in [9.17, 15) is 0 Å². The van der Waals surface area contributed by atoms with Gasteiger partial charge in [0, 0.05) is 5.02 Å². The van der Waals surface area contributed by atoms with Crippen molar-refractivity contribution in [2.24, 2.45) is 0 Å². The molecule has 0 fully saturated rings. The van der Waals surface area contributed by atoms with Gasteiger partial charge < -0.3 is 0 Å². The topological polar surface area (TPSA) is 0 Å². The fraction of sp³-hybridized carbons (Fsp3) is 0.0667. The van der Waals surface area contributed by atoms with Crippen LogP contribution < -0.4 is 0 Å². The van der Waals surface area contributed by atoms with Crippen molar-refractivity contribution < 1.29 is 0 Å². The highest BCUT2D eigenvalue weighted by Crippen LogP contribution is 2.26. The van der Waals surface area contributed by atoms with Crippen LogP contribution in [0.2, 0.25) is 5.02 Å². The van der Waals surface area contributed by atoms with Gasteiger partial charge in [0.25, 0.3) is 0 Å². The average Bonchev–Trinajstić information content (AvgIpc) is 2.32. The summed E-state index contributed by atoms with van der Waals surface area (Å²) in [7, 11) is 0. The number of halogens is 1. The zero-order chi connectivity index (χ0) is 11.5. The molecule has 0 heterocycles. The molecule has 0 unspecified atom stereocenters. The van der Waals surface area contributed by atoms with Crippen LogP contribution in [-0.2, 0) is 0 Å². The van der Waals surface area contributed by atoms with Crippen molar-refractivity contribution in [3.63, 3.8) is 0 Å². The SMILES string of the molecule is C=C(c1ccccc1)c1cc(Cl)ccc1C. The van der Waals surface area contributed by atoms with Gasteiger partial charge in [0.2, 0.25) is 0 Å². The molecule has 16 heavy (non-hydrogen) atoms. The molecule has 0 spiro atoms. The lowest BCUT2D eigenvalue weighted by molar-refractivity contribution is 1.42. The maximum Gasteiger partial charge on any atom is 0.0412 e. The summed E-state index contributed by atoms with van der Waals surface area (Å²) in [6.07, 6.45) is 0. The molecule has 0 amide bonds. The van der Waals surface area contributed by atoms with Gasteiger partial charge in [0.15, 0.2) is 0 Å². The summed E-state index contributed by atoms with van der Waals surface area (Å²) in [5.74, 6) is 0. The van der Waals surface area contributed by atoms with Crippen LogP contribution in [0.1, 0.15) is 16.7 Å². The van der Waals surface area contributed by atoms with E-state index in [2.05, 4.69) is 25.6 Å². The molecular weight excluding hydrogens is 216 g/mol. The lowest BCUT2D eigenvalue weighted by Crippen LogP contribution is -1.89. The molecule has 0 aromatic heterocycles. The molecule has 0 aliphatic rings. The predicted octanol–water partition coefficient (Wildman–Crippen LogP) is 4.71. The Morgan fingerprint density at radius 3 is 2.44 bits per heavy atom. The van der Waals surface area contributed by atoms with Crippen LogP contribution in [-0.4, -0.2) is 0 Å². The van der Waals surface area contributed by atoms with Crippen LogP contribution in [0, 0.1) is 6.92 Å². The first kappa shape index (κ1) is 11.0. The molecule has 0 bridgehead atoms. The zero-order valence-corrected chi connectivity index (χ0v) is 9.96. The first-order valence-electron chi connectivity index (χ1n) is 5.19. The Morgan fingerprint density at radius 2 is 1.75 bits per heavy atom. The average molecular weight is 229 g/mol. The molecule has 0 nitrogen and oxygen atoms in total. The molecule has 0 saturated heterocycles. The quantitative estimate of drug-likeness (QED) is 0.698. The second-order valence-corrected chi connectivity index (χ2v) is 4.24. The van der Waals surface area contributed by atoms with E-state index >= 15 is 0 Å². The Kier molecular flexibility index (Phi) is 3.12. The highest BCUT2D eigenvalue weighted by atomic mass is 35.5. The lowest BCUT2D eigenvalue weighted by atomic mass is 9.96. The highest BCUT2D eigenvalue weighted by molar-refractivity contribution is 6.30. The van der Waals surface area contributed by atoms with E-state index < -0.39 is 0 Å². The zero-order valence-electron chi connectivity index (χ0n) is 9.20. The van der Waals surface area contributed by atoms with Crippen LogP contribution in [0.5, 0.6) is 0 Å². The van der Waals surface area contributed by atoms with Crippen molar-refractivity contribution in [3.8, 4) is 0 Å². The third-order valence-electron chi connectivity index (χ3n) is 2.65. The summed E-state index contributed by atoms with van der Waals surface area (Å²) < 4.78 is 0. The van der Waals surface area contributed by atoms with Gasteiger partial charge >= 0.3 is 0 Å². The molecule has 0 atom stereocenters. The van der Waals surface area contributed by atoms with Gasteiger partial charge in [-0.25, -0.2) is 0 Å². The lowest BCUT2D eigenvalue weighted by Gasteiger charge is -2.09. The minimum absolute atomic E-state index is 0.748. The summed E-state index contributed by atoms with van der Waals surface area (Å²) in [6.45, 7) is 6.21. The first-order valence-corrected chi connectivity index (χ1v) is 5.57. The van der Waals surface area contributed by atoms with Crippen LogP contribution in [0.15, 0.2) is 55.1 Å². The maximum absolute atomic E-state index is 6.01. The third kappa shape index (κ3) is 2.17. The molecule has 0 saturated carbocycles. The van der Waals surface area contributed by atoms with E-state index in [1.807, 2.05) is 36.4 Å². The summed E-state index contributed by atoms with van der Waals surface area (Å²) in [5.41, 5.74) is 4.45. The van der Waals surface area contributed by atoms with Crippen molar-refractivity contribution in [1.82, 2.24) is 0 Å². The smallest absolute Gasteiger partial charge is 0.0412 e. The van der Waals surface area contributed by atoms with Crippen molar-refractivity contribution in [1.29, 1.82) is 0 Å². The van der Waals surface area contributed by atoms with Crippen molar-refractivity contribution in [2.45, 2.75) is 6.92 Å². The summed E-state index contributed by atoms with van der Waals surface area (Å²) >= 11 is 6.01. The van der Waals surface area contributed by atoms with Crippen LogP contribution in [0.25, 0.3) is 5.57 Å².